The molecule has 2 atom stereocenters. The number of nitrogens with one attached hydrogen (secondary N) is 3. The summed E-state index contributed by atoms with van der Waals surface area (Å²) in [5.74, 6) is 0.561. The summed E-state index contributed by atoms with van der Waals surface area (Å²) in [5, 5.41) is 9.43. The van der Waals surface area contributed by atoms with Gasteiger partial charge in [-0.05, 0) is 35.8 Å². The highest BCUT2D eigenvalue weighted by Crippen LogP contribution is 2.09. The van der Waals surface area contributed by atoms with Crippen LogP contribution in [0, 0.1) is 11.8 Å². The molecule has 0 bridgehead atoms. The summed E-state index contributed by atoms with van der Waals surface area (Å²) < 4.78 is 0. The van der Waals surface area contributed by atoms with E-state index in [1.807, 2.05) is 60.7 Å². The normalized spacial score (nSPS) is 13.1. The van der Waals surface area contributed by atoms with Gasteiger partial charge in [0.2, 0.25) is 11.8 Å². The predicted molar refractivity (Wildman–Crippen MR) is 127 cm³/mol. The van der Waals surface area contributed by atoms with Crippen molar-refractivity contribution in [2.75, 3.05) is 13.1 Å². The summed E-state index contributed by atoms with van der Waals surface area (Å²) in [6.45, 7) is 9.48. The molecule has 2 aromatic rings. The van der Waals surface area contributed by atoms with Gasteiger partial charge in [-0.25, -0.2) is 0 Å². The number of carbonyl (C=O) groups excluding carboxylic acids is 2. The van der Waals surface area contributed by atoms with E-state index >= 15 is 0 Å². The lowest BCUT2D eigenvalue weighted by Gasteiger charge is -2.26. The van der Waals surface area contributed by atoms with Crippen LogP contribution in [0.1, 0.15) is 38.8 Å². The van der Waals surface area contributed by atoms with Crippen LogP contribution in [0.4, 0.5) is 0 Å². The molecule has 5 nitrogen and oxygen atoms in total. The Labute approximate surface area is 187 Å². The molecule has 2 aromatic carbocycles. The van der Waals surface area contributed by atoms with E-state index in [0.717, 1.165) is 11.1 Å². The molecule has 2 amide bonds. The van der Waals surface area contributed by atoms with E-state index in [1.54, 1.807) is 0 Å². The van der Waals surface area contributed by atoms with Gasteiger partial charge in [-0.15, -0.1) is 0 Å². The first-order valence-corrected chi connectivity index (χ1v) is 11.2. The van der Waals surface area contributed by atoms with Crippen LogP contribution in [0.2, 0.25) is 0 Å². The molecule has 0 saturated carbocycles. The lowest BCUT2D eigenvalue weighted by atomic mass is 10.0. The fourth-order valence-electron chi connectivity index (χ4n) is 3.25. The molecule has 0 spiro atoms. The lowest BCUT2D eigenvalue weighted by Crippen LogP contribution is -2.55. The first kappa shape index (κ1) is 24.6. The summed E-state index contributed by atoms with van der Waals surface area (Å²) in [7, 11) is 0. The van der Waals surface area contributed by atoms with Crippen LogP contribution in [0.5, 0.6) is 0 Å². The molecule has 0 heterocycles. The zero-order valence-corrected chi connectivity index (χ0v) is 19.2. The number of hydrogen-bond acceptors (Lipinski definition) is 3. The maximum atomic E-state index is 13.0. The Morgan fingerprint density at radius 1 is 0.645 bits per heavy atom. The summed E-state index contributed by atoms with van der Waals surface area (Å²) in [6.07, 6.45) is 1.04. The van der Waals surface area contributed by atoms with E-state index in [2.05, 4.69) is 43.6 Å². The zero-order valence-electron chi connectivity index (χ0n) is 19.2. The average molecular weight is 424 g/mol. The molecule has 0 saturated heterocycles. The third kappa shape index (κ3) is 9.35. The summed E-state index contributed by atoms with van der Waals surface area (Å²) in [5.41, 5.74) is 2.11. The Hall–Kier alpha value is -2.66. The van der Waals surface area contributed by atoms with Gasteiger partial charge in [-0.2, -0.15) is 0 Å². The first-order valence-electron chi connectivity index (χ1n) is 11.2. The van der Waals surface area contributed by atoms with E-state index < -0.39 is 12.1 Å². The molecule has 5 heteroatoms. The second-order valence-corrected chi connectivity index (χ2v) is 8.93. The van der Waals surface area contributed by atoms with E-state index in [9.17, 15) is 9.59 Å². The number of hydrogen-bond donors (Lipinski definition) is 3. The topological polar surface area (TPSA) is 70.2 Å². The number of carbonyl (C=O) groups is 2. The third-order valence-corrected chi connectivity index (χ3v) is 4.97. The lowest BCUT2D eigenvalue weighted by molar-refractivity contribution is -0.125. The highest BCUT2D eigenvalue weighted by molar-refractivity contribution is 5.85. The van der Waals surface area contributed by atoms with Gasteiger partial charge in [0.25, 0.3) is 0 Å². The smallest absolute Gasteiger partial charge is 0.237 e. The Morgan fingerprint density at radius 2 is 1.00 bits per heavy atom. The van der Waals surface area contributed by atoms with Crippen molar-refractivity contribution in [2.24, 2.45) is 11.8 Å². The van der Waals surface area contributed by atoms with Gasteiger partial charge in [0.05, 0.1) is 12.1 Å². The summed E-state index contributed by atoms with van der Waals surface area (Å²) in [4.78, 5) is 26.0. The average Bonchev–Trinajstić information content (AvgIpc) is 2.76. The maximum absolute atomic E-state index is 13.0. The number of amides is 2. The van der Waals surface area contributed by atoms with Gasteiger partial charge in [-0.3, -0.25) is 14.9 Å². The molecule has 0 aliphatic carbocycles. The second-order valence-electron chi connectivity index (χ2n) is 8.93. The Kier molecular flexibility index (Phi) is 10.2. The van der Waals surface area contributed by atoms with Gasteiger partial charge >= 0.3 is 0 Å². The molecule has 31 heavy (non-hydrogen) atoms. The van der Waals surface area contributed by atoms with Crippen molar-refractivity contribution >= 4 is 11.8 Å². The van der Waals surface area contributed by atoms with E-state index in [1.165, 1.54) is 0 Å². The van der Waals surface area contributed by atoms with Gasteiger partial charge in [0.1, 0.15) is 0 Å². The molecular formula is C26H37N3O2. The maximum Gasteiger partial charge on any atom is 0.237 e. The number of benzene rings is 2. The summed E-state index contributed by atoms with van der Waals surface area (Å²) in [6, 6.07) is 18.8. The molecular weight excluding hydrogens is 386 g/mol. The molecule has 2 rings (SSSR count). The first-order chi connectivity index (χ1) is 14.8. The molecule has 0 unspecified atom stereocenters. The highest BCUT2D eigenvalue weighted by Gasteiger charge is 2.27. The van der Waals surface area contributed by atoms with Gasteiger partial charge < -0.3 is 10.6 Å². The molecule has 168 valence electrons. The van der Waals surface area contributed by atoms with Crippen LogP contribution in [0.3, 0.4) is 0 Å². The summed E-state index contributed by atoms with van der Waals surface area (Å²) >= 11 is 0. The Balaban J connectivity index is 2.21. The molecule has 0 fully saturated rings. The van der Waals surface area contributed by atoms with Crippen LogP contribution in [-0.2, 0) is 22.4 Å². The van der Waals surface area contributed by atoms with Gasteiger partial charge in [0, 0.05) is 13.1 Å². The number of rotatable bonds is 12. The van der Waals surface area contributed by atoms with Crippen LogP contribution in [0.25, 0.3) is 0 Å². The fourth-order valence-corrected chi connectivity index (χ4v) is 3.25. The quantitative estimate of drug-likeness (QED) is 0.490. The SMILES string of the molecule is CC(C)CNC(=O)[C@@H](Cc1ccccc1)N[C@H](Cc1ccccc1)C(=O)NCC(C)C. The van der Waals surface area contributed by atoms with Crippen LogP contribution >= 0.6 is 0 Å². The van der Waals surface area contributed by atoms with Crippen molar-refractivity contribution in [1.82, 2.24) is 16.0 Å². The van der Waals surface area contributed by atoms with Gasteiger partial charge in [-0.1, -0.05) is 88.4 Å². The van der Waals surface area contributed by atoms with Crippen LogP contribution in [0.15, 0.2) is 60.7 Å². The molecule has 0 aliphatic heterocycles. The van der Waals surface area contributed by atoms with Crippen molar-refractivity contribution in [3.05, 3.63) is 71.8 Å². The molecule has 3 N–H and O–H groups in total. The van der Waals surface area contributed by atoms with Crippen molar-refractivity contribution < 1.29 is 9.59 Å². The molecule has 0 aliphatic rings. The van der Waals surface area contributed by atoms with Crippen molar-refractivity contribution in [1.29, 1.82) is 0 Å². The van der Waals surface area contributed by atoms with Crippen molar-refractivity contribution in [2.45, 2.75) is 52.6 Å². The largest absolute Gasteiger partial charge is 0.354 e. The van der Waals surface area contributed by atoms with E-state index in [-0.39, 0.29) is 11.8 Å². The van der Waals surface area contributed by atoms with Crippen molar-refractivity contribution in [3.63, 3.8) is 0 Å². The second kappa shape index (κ2) is 12.9. The minimum Gasteiger partial charge on any atom is -0.354 e. The fraction of sp³-hybridized carbons (Fsp3) is 0.462. The predicted octanol–water partition coefficient (Wildman–Crippen LogP) is 3.34. The monoisotopic (exact) mass is 423 g/mol. The standard InChI is InChI=1S/C26H37N3O2/c1-19(2)17-27-25(30)23(15-21-11-7-5-8-12-21)29-24(26(31)28-18-20(3)4)16-22-13-9-6-10-14-22/h5-14,19-20,23-24,29H,15-18H2,1-4H3,(H,27,30)(H,28,31)/t23-,24-/m1/s1. The van der Waals surface area contributed by atoms with Crippen molar-refractivity contribution in [3.8, 4) is 0 Å². The zero-order chi connectivity index (χ0) is 22.6. The van der Waals surface area contributed by atoms with Gasteiger partial charge in [0.15, 0.2) is 0 Å². The van der Waals surface area contributed by atoms with Crippen LogP contribution < -0.4 is 16.0 Å². The van der Waals surface area contributed by atoms with E-state index in [0.29, 0.717) is 37.8 Å². The minimum atomic E-state index is -0.500. The Bertz CT molecular complexity index is 723. The third-order valence-electron chi connectivity index (χ3n) is 4.97. The molecule has 0 aromatic heterocycles. The Morgan fingerprint density at radius 3 is 1.32 bits per heavy atom. The minimum absolute atomic E-state index is 0.0766. The highest BCUT2D eigenvalue weighted by atomic mass is 16.2. The van der Waals surface area contributed by atoms with E-state index in [4.69, 9.17) is 0 Å². The molecule has 0 radical (unpaired) electrons. The van der Waals surface area contributed by atoms with Crippen LogP contribution in [-0.4, -0.2) is 37.0 Å².